The van der Waals surface area contributed by atoms with Crippen molar-refractivity contribution in [3.63, 3.8) is 0 Å². The number of aromatic nitrogens is 1. The standard InChI is InChI=1S/C11H13N3O2/c12-6-5-8-7-14(16-11(13)15)10-4-2-1-3-9(8)10/h1-4,7H,5-6,12H2,(H2,13,15). The Morgan fingerprint density at radius 1 is 1.38 bits per heavy atom. The molecule has 0 atom stereocenters. The number of nitrogens with two attached hydrogens (primary N) is 2. The van der Waals surface area contributed by atoms with Gasteiger partial charge in [-0.2, -0.15) is 4.73 Å². The molecule has 5 heteroatoms. The van der Waals surface area contributed by atoms with Gasteiger partial charge in [-0.05, 0) is 24.6 Å². The third-order valence-electron chi connectivity index (χ3n) is 2.36. The maximum Gasteiger partial charge on any atom is 0.429 e. The van der Waals surface area contributed by atoms with Crippen LogP contribution < -0.4 is 16.3 Å². The van der Waals surface area contributed by atoms with Gasteiger partial charge in [0, 0.05) is 11.6 Å². The Labute approximate surface area is 92.5 Å². The average Bonchev–Trinajstić information content (AvgIpc) is 2.58. The Kier molecular flexibility index (Phi) is 2.78. The number of carbonyl (C=O) groups excluding carboxylic acids is 1. The van der Waals surface area contributed by atoms with Gasteiger partial charge in [-0.3, -0.25) is 0 Å². The van der Waals surface area contributed by atoms with Crippen LogP contribution in [0.4, 0.5) is 4.79 Å². The third kappa shape index (κ3) is 1.85. The molecule has 0 bridgehead atoms. The molecule has 0 saturated carbocycles. The molecule has 0 saturated heterocycles. The van der Waals surface area contributed by atoms with Crippen molar-refractivity contribution in [2.24, 2.45) is 11.5 Å². The van der Waals surface area contributed by atoms with Gasteiger partial charge >= 0.3 is 6.09 Å². The number of para-hydroxylation sites is 1. The summed E-state index contributed by atoms with van der Waals surface area (Å²) in [5, 5.41) is 1.02. The predicted molar refractivity (Wildman–Crippen MR) is 60.9 cm³/mol. The second-order valence-corrected chi connectivity index (χ2v) is 3.45. The quantitative estimate of drug-likeness (QED) is 0.795. The highest BCUT2D eigenvalue weighted by molar-refractivity contribution is 5.84. The topological polar surface area (TPSA) is 83.3 Å². The molecule has 2 rings (SSSR count). The van der Waals surface area contributed by atoms with Crippen molar-refractivity contribution < 1.29 is 9.63 Å². The van der Waals surface area contributed by atoms with E-state index in [9.17, 15) is 4.79 Å². The average molecular weight is 219 g/mol. The molecule has 2 aromatic rings. The summed E-state index contributed by atoms with van der Waals surface area (Å²) in [6, 6.07) is 7.62. The highest BCUT2D eigenvalue weighted by atomic mass is 16.7. The zero-order valence-electron chi connectivity index (χ0n) is 8.72. The molecule has 1 aromatic carbocycles. The number of fused-ring (bicyclic) bond motifs is 1. The smallest absolute Gasteiger partial charge is 0.333 e. The molecular formula is C11H13N3O2. The lowest BCUT2D eigenvalue weighted by molar-refractivity contribution is 0.148. The van der Waals surface area contributed by atoms with Crippen molar-refractivity contribution in [1.82, 2.24) is 4.73 Å². The zero-order valence-corrected chi connectivity index (χ0v) is 8.72. The summed E-state index contributed by atoms with van der Waals surface area (Å²) >= 11 is 0. The summed E-state index contributed by atoms with van der Waals surface area (Å²) in [5.74, 6) is 0. The van der Waals surface area contributed by atoms with Crippen LogP contribution >= 0.6 is 0 Å². The molecule has 5 nitrogen and oxygen atoms in total. The van der Waals surface area contributed by atoms with Crippen LogP contribution in [0.15, 0.2) is 30.5 Å². The van der Waals surface area contributed by atoms with Crippen molar-refractivity contribution >= 4 is 17.0 Å². The van der Waals surface area contributed by atoms with Gasteiger partial charge < -0.3 is 16.3 Å². The summed E-state index contributed by atoms with van der Waals surface area (Å²) in [5.41, 5.74) is 12.4. The lowest BCUT2D eigenvalue weighted by Crippen LogP contribution is -2.24. The summed E-state index contributed by atoms with van der Waals surface area (Å²) in [6.07, 6.45) is 1.64. The van der Waals surface area contributed by atoms with Crippen LogP contribution in [0, 0.1) is 0 Å². The van der Waals surface area contributed by atoms with E-state index in [1.165, 1.54) is 4.73 Å². The van der Waals surface area contributed by atoms with Crippen molar-refractivity contribution in [1.29, 1.82) is 0 Å². The highest BCUT2D eigenvalue weighted by Gasteiger charge is 2.09. The Bertz CT molecular complexity index is 519. The first-order valence-corrected chi connectivity index (χ1v) is 4.99. The van der Waals surface area contributed by atoms with E-state index in [4.69, 9.17) is 16.3 Å². The van der Waals surface area contributed by atoms with Crippen molar-refractivity contribution in [3.05, 3.63) is 36.0 Å². The number of nitrogens with zero attached hydrogens (tertiary/aromatic N) is 1. The molecule has 0 aliphatic rings. The minimum absolute atomic E-state index is 0.546. The monoisotopic (exact) mass is 219 g/mol. The predicted octanol–water partition coefficient (Wildman–Crippen LogP) is 0.650. The van der Waals surface area contributed by atoms with Crippen molar-refractivity contribution in [2.45, 2.75) is 6.42 Å². The molecule has 0 aliphatic carbocycles. The van der Waals surface area contributed by atoms with Crippen LogP contribution in [-0.4, -0.2) is 17.4 Å². The Hall–Kier alpha value is -2.01. The number of benzene rings is 1. The maximum atomic E-state index is 10.7. The summed E-state index contributed by atoms with van der Waals surface area (Å²) in [4.78, 5) is 15.6. The van der Waals surface area contributed by atoms with E-state index in [-0.39, 0.29) is 0 Å². The van der Waals surface area contributed by atoms with Crippen LogP contribution in [-0.2, 0) is 6.42 Å². The number of carbonyl (C=O) groups is 1. The molecule has 16 heavy (non-hydrogen) atoms. The third-order valence-corrected chi connectivity index (χ3v) is 2.36. The molecule has 0 spiro atoms. The first-order chi connectivity index (χ1) is 7.72. The zero-order chi connectivity index (χ0) is 11.5. The van der Waals surface area contributed by atoms with Crippen LogP contribution in [0.5, 0.6) is 0 Å². The minimum atomic E-state index is -0.833. The highest BCUT2D eigenvalue weighted by Crippen LogP contribution is 2.20. The number of rotatable bonds is 3. The Morgan fingerprint density at radius 2 is 2.12 bits per heavy atom. The Balaban J connectivity index is 2.52. The summed E-state index contributed by atoms with van der Waals surface area (Å²) < 4.78 is 1.38. The number of primary amides is 1. The minimum Gasteiger partial charge on any atom is -0.333 e. The van der Waals surface area contributed by atoms with E-state index in [1.54, 1.807) is 6.20 Å². The first-order valence-electron chi connectivity index (χ1n) is 4.99. The normalized spacial score (nSPS) is 10.6. The number of amides is 1. The van der Waals surface area contributed by atoms with E-state index in [0.717, 1.165) is 22.9 Å². The number of hydrogen-bond acceptors (Lipinski definition) is 3. The van der Waals surface area contributed by atoms with Crippen LogP contribution in [0.25, 0.3) is 10.9 Å². The van der Waals surface area contributed by atoms with Crippen molar-refractivity contribution in [2.75, 3.05) is 6.54 Å². The van der Waals surface area contributed by atoms with Gasteiger partial charge in [0.2, 0.25) is 0 Å². The molecule has 1 heterocycles. The summed E-state index contributed by atoms with van der Waals surface area (Å²) in [7, 11) is 0. The van der Waals surface area contributed by atoms with Crippen LogP contribution in [0.1, 0.15) is 5.56 Å². The van der Waals surface area contributed by atoms with Gasteiger partial charge in [-0.1, -0.05) is 18.2 Å². The van der Waals surface area contributed by atoms with Gasteiger partial charge in [0.1, 0.15) is 0 Å². The van der Waals surface area contributed by atoms with Gasteiger partial charge in [0.25, 0.3) is 0 Å². The molecular weight excluding hydrogens is 206 g/mol. The van der Waals surface area contributed by atoms with Gasteiger partial charge in [0.05, 0.1) is 5.52 Å². The molecule has 84 valence electrons. The van der Waals surface area contributed by atoms with Gasteiger partial charge in [0.15, 0.2) is 0 Å². The second kappa shape index (κ2) is 4.24. The van der Waals surface area contributed by atoms with Gasteiger partial charge in [-0.15, -0.1) is 0 Å². The van der Waals surface area contributed by atoms with Gasteiger partial charge in [-0.25, -0.2) is 4.79 Å². The largest absolute Gasteiger partial charge is 0.429 e. The number of hydrogen-bond donors (Lipinski definition) is 2. The van der Waals surface area contributed by atoms with Crippen LogP contribution in [0.2, 0.25) is 0 Å². The fourth-order valence-corrected chi connectivity index (χ4v) is 1.75. The second-order valence-electron chi connectivity index (χ2n) is 3.45. The molecule has 4 N–H and O–H groups in total. The van der Waals surface area contributed by atoms with Crippen molar-refractivity contribution in [3.8, 4) is 0 Å². The Morgan fingerprint density at radius 3 is 2.81 bits per heavy atom. The van der Waals surface area contributed by atoms with Crippen LogP contribution in [0.3, 0.4) is 0 Å². The molecule has 0 aliphatic heterocycles. The van der Waals surface area contributed by atoms with E-state index in [2.05, 4.69) is 0 Å². The SMILES string of the molecule is NCCc1cn(OC(N)=O)c2ccccc12. The first kappa shape index (κ1) is 10.5. The fraction of sp³-hybridized carbons (Fsp3) is 0.182. The molecule has 0 radical (unpaired) electrons. The molecule has 1 aromatic heterocycles. The molecule has 0 unspecified atom stereocenters. The lowest BCUT2D eigenvalue weighted by Gasteiger charge is -2.01. The summed E-state index contributed by atoms with van der Waals surface area (Å²) in [6.45, 7) is 0.546. The lowest BCUT2D eigenvalue weighted by atomic mass is 10.1. The molecule has 1 amide bonds. The molecule has 0 fully saturated rings. The maximum absolute atomic E-state index is 10.7. The van der Waals surface area contributed by atoms with E-state index < -0.39 is 6.09 Å². The van der Waals surface area contributed by atoms with E-state index in [0.29, 0.717) is 6.54 Å². The van der Waals surface area contributed by atoms with E-state index >= 15 is 0 Å². The fourth-order valence-electron chi connectivity index (χ4n) is 1.75. The van der Waals surface area contributed by atoms with E-state index in [1.807, 2.05) is 24.3 Å².